The Kier molecular flexibility index (Phi) is 3.22. The van der Waals surface area contributed by atoms with E-state index in [1.807, 2.05) is 6.07 Å². The number of carbonyl (C=O) groups excluding carboxylic acids is 1. The minimum Gasteiger partial charge on any atom is -0.504 e. The molecule has 0 aromatic heterocycles. The summed E-state index contributed by atoms with van der Waals surface area (Å²) in [5.41, 5.74) is 1.66. The van der Waals surface area contributed by atoms with Crippen LogP contribution in [0.4, 0.5) is 0 Å². The van der Waals surface area contributed by atoms with Crippen molar-refractivity contribution in [1.29, 1.82) is 0 Å². The Morgan fingerprint density at radius 2 is 2.00 bits per heavy atom. The molecule has 1 N–H and O–H groups in total. The summed E-state index contributed by atoms with van der Waals surface area (Å²) in [6.07, 6.45) is 2.45. The third kappa shape index (κ3) is 2.07. The van der Waals surface area contributed by atoms with E-state index in [9.17, 15) is 9.90 Å². The number of phenols is 1. The van der Waals surface area contributed by atoms with Crippen molar-refractivity contribution >= 4 is 5.78 Å². The Hall–Kier alpha value is -1.71. The van der Waals surface area contributed by atoms with Crippen LogP contribution in [0.15, 0.2) is 6.07 Å². The van der Waals surface area contributed by atoms with Crippen molar-refractivity contribution in [2.75, 3.05) is 14.2 Å². The van der Waals surface area contributed by atoms with Gasteiger partial charge in [0.2, 0.25) is 5.75 Å². The molecule has 0 unspecified atom stereocenters. The van der Waals surface area contributed by atoms with Crippen LogP contribution in [0.2, 0.25) is 0 Å². The fourth-order valence-electron chi connectivity index (χ4n) is 2.25. The van der Waals surface area contributed by atoms with E-state index in [0.717, 1.165) is 18.4 Å². The van der Waals surface area contributed by atoms with E-state index in [1.165, 1.54) is 14.2 Å². The molecule has 0 aliphatic heterocycles. The standard InChI is InChI=1S/C13H16O4/c1-16-11-6-8-4-3-5-9(14)7-10(8)12(15)13(11)17-2/h6,15H,3-5,7H2,1-2H3. The number of aryl methyl sites for hydroxylation is 1. The summed E-state index contributed by atoms with van der Waals surface area (Å²) in [5.74, 6) is 1.02. The number of ether oxygens (including phenoxy) is 2. The fraction of sp³-hybridized carbons (Fsp3) is 0.462. The lowest BCUT2D eigenvalue weighted by Gasteiger charge is -2.15. The van der Waals surface area contributed by atoms with Crippen molar-refractivity contribution in [3.63, 3.8) is 0 Å². The second-order valence-corrected chi connectivity index (χ2v) is 4.17. The van der Waals surface area contributed by atoms with Gasteiger partial charge in [0, 0.05) is 18.4 Å². The number of fused-ring (bicyclic) bond motifs is 1. The highest BCUT2D eigenvalue weighted by molar-refractivity contribution is 5.83. The lowest BCUT2D eigenvalue weighted by atomic mass is 10.0. The first kappa shape index (κ1) is 11.8. The van der Waals surface area contributed by atoms with Crippen molar-refractivity contribution in [2.24, 2.45) is 0 Å². The fourth-order valence-corrected chi connectivity index (χ4v) is 2.25. The van der Waals surface area contributed by atoms with Crippen molar-refractivity contribution in [1.82, 2.24) is 0 Å². The van der Waals surface area contributed by atoms with E-state index in [-0.39, 0.29) is 18.0 Å². The molecule has 0 atom stereocenters. The highest BCUT2D eigenvalue weighted by atomic mass is 16.5. The lowest BCUT2D eigenvalue weighted by molar-refractivity contribution is -0.118. The van der Waals surface area contributed by atoms with Crippen molar-refractivity contribution in [3.05, 3.63) is 17.2 Å². The number of Topliss-reactive ketones (excluding diaryl/α,β-unsaturated/α-hetero) is 1. The second-order valence-electron chi connectivity index (χ2n) is 4.17. The van der Waals surface area contributed by atoms with E-state index in [2.05, 4.69) is 0 Å². The monoisotopic (exact) mass is 236 g/mol. The highest BCUT2D eigenvalue weighted by Crippen LogP contribution is 2.42. The van der Waals surface area contributed by atoms with Crippen LogP contribution in [0.5, 0.6) is 17.2 Å². The number of hydrogen-bond acceptors (Lipinski definition) is 4. The van der Waals surface area contributed by atoms with Crippen molar-refractivity contribution in [2.45, 2.75) is 25.7 Å². The molecule has 0 radical (unpaired) electrons. The Bertz CT molecular complexity index is 451. The van der Waals surface area contributed by atoms with Crippen LogP contribution in [0.1, 0.15) is 24.0 Å². The third-order valence-corrected chi connectivity index (χ3v) is 3.12. The van der Waals surface area contributed by atoms with E-state index < -0.39 is 0 Å². The molecule has 4 nitrogen and oxygen atoms in total. The van der Waals surface area contributed by atoms with Gasteiger partial charge < -0.3 is 14.6 Å². The number of benzene rings is 1. The molecule has 0 saturated heterocycles. The Balaban J connectivity index is 2.57. The van der Waals surface area contributed by atoms with Gasteiger partial charge in [-0.05, 0) is 24.5 Å². The molecule has 0 spiro atoms. The normalized spacial score (nSPS) is 15.1. The van der Waals surface area contributed by atoms with Crippen LogP contribution in [-0.2, 0) is 17.6 Å². The van der Waals surface area contributed by atoms with Crippen LogP contribution in [0, 0.1) is 0 Å². The molecule has 0 heterocycles. The highest BCUT2D eigenvalue weighted by Gasteiger charge is 2.22. The zero-order chi connectivity index (χ0) is 12.4. The van der Waals surface area contributed by atoms with Crippen molar-refractivity contribution < 1.29 is 19.4 Å². The predicted octanol–water partition coefficient (Wildman–Crippen LogP) is 1.86. The van der Waals surface area contributed by atoms with Gasteiger partial charge in [0.15, 0.2) is 11.5 Å². The zero-order valence-electron chi connectivity index (χ0n) is 10.1. The van der Waals surface area contributed by atoms with E-state index in [1.54, 1.807) is 0 Å². The van der Waals surface area contributed by atoms with Crippen LogP contribution in [0.3, 0.4) is 0 Å². The summed E-state index contributed by atoms with van der Waals surface area (Å²) in [6.45, 7) is 0. The molecule has 1 aromatic rings. The number of rotatable bonds is 2. The predicted molar refractivity (Wildman–Crippen MR) is 62.9 cm³/mol. The number of phenolic OH excluding ortho intramolecular Hbond substituents is 1. The molecule has 2 rings (SSSR count). The summed E-state index contributed by atoms with van der Waals surface area (Å²) in [5, 5.41) is 10.1. The van der Waals surface area contributed by atoms with Gasteiger partial charge in [-0.25, -0.2) is 0 Å². The number of methoxy groups -OCH3 is 2. The van der Waals surface area contributed by atoms with Gasteiger partial charge in [0.1, 0.15) is 5.78 Å². The van der Waals surface area contributed by atoms with Crippen LogP contribution in [-0.4, -0.2) is 25.1 Å². The summed E-state index contributed by atoms with van der Waals surface area (Å²) < 4.78 is 10.3. The smallest absolute Gasteiger partial charge is 0.203 e. The molecule has 1 aliphatic rings. The molecular formula is C13H16O4. The third-order valence-electron chi connectivity index (χ3n) is 3.12. The van der Waals surface area contributed by atoms with Gasteiger partial charge in [-0.15, -0.1) is 0 Å². The first-order valence-electron chi connectivity index (χ1n) is 5.64. The molecule has 1 aliphatic carbocycles. The van der Waals surface area contributed by atoms with Gasteiger partial charge in [-0.3, -0.25) is 4.79 Å². The maximum Gasteiger partial charge on any atom is 0.203 e. The quantitative estimate of drug-likeness (QED) is 0.796. The minimum atomic E-state index is 0.0390. The van der Waals surface area contributed by atoms with E-state index >= 15 is 0 Å². The SMILES string of the molecule is COc1cc2c(c(O)c1OC)CC(=O)CCC2. The molecular weight excluding hydrogens is 220 g/mol. The molecule has 0 bridgehead atoms. The van der Waals surface area contributed by atoms with Gasteiger partial charge >= 0.3 is 0 Å². The number of aromatic hydroxyl groups is 1. The van der Waals surface area contributed by atoms with Crippen LogP contribution in [0.25, 0.3) is 0 Å². The average Bonchev–Trinajstić information content (AvgIpc) is 2.50. The lowest BCUT2D eigenvalue weighted by Crippen LogP contribution is -2.02. The Morgan fingerprint density at radius 3 is 2.65 bits per heavy atom. The largest absolute Gasteiger partial charge is 0.504 e. The molecule has 17 heavy (non-hydrogen) atoms. The van der Waals surface area contributed by atoms with Crippen molar-refractivity contribution in [3.8, 4) is 17.2 Å². The maximum atomic E-state index is 11.6. The number of ketones is 1. The Morgan fingerprint density at radius 1 is 1.24 bits per heavy atom. The van der Waals surface area contributed by atoms with Crippen LogP contribution < -0.4 is 9.47 Å². The second kappa shape index (κ2) is 4.65. The molecule has 0 saturated carbocycles. The average molecular weight is 236 g/mol. The molecule has 1 aromatic carbocycles. The van der Waals surface area contributed by atoms with Gasteiger partial charge in [-0.1, -0.05) is 0 Å². The summed E-state index contributed by atoms with van der Waals surface area (Å²) in [6, 6.07) is 1.85. The summed E-state index contributed by atoms with van der Waals surface area (Å²) in [4.78, 5) is 11.6. The molecule has 92 valence electrons. The first-order valence-corrected chi connectivity index (χ1v) is 5.64. The Labute approximate surface area is 100 Å². The minimum absolute atomic E-state index is 0.0390. The summed E-state index contributed by atoms with van der Waals surface area (Å²) >= 11 is 0. The first-order chi connectivity index (χ1) is 8.17. The number of hydrogen-bond donors (Lipinski definition) is 1. The molecule has 4 heteroatoms. The van der Waals surface area contributed by atoms with Gasteiger partial charge in [-0.2, -0.15) is 0 Å². The molecule has 0 amide bonds. The van der Waals surface area contributed by atoms with Crippen LogP contribution >= 0.6 is 0 Å². The summed E-state index contributed by atoms with van der Waals surface area (Å²) in [7, 11) is 3.01. The van der Waals surface area contributed by atoms with E-state index in [4.69, 9.17) is 9.47 Å². The zero-order valence-corrected chi connectivity index (χ0v) is 10.1. The van der Waals surface area contributed by atoms with Gasteiger partial charge in [0.25, 0.3) is 0 Å². The molecule has 0 fully saturated rings. The number of carbonyl (C=O) groups is 1. The van der Waals surface area contributed by atoms with Gasteiger partial charge in [0.05, 0.1) is 14.2 Å². The maximum absolute atomic E-state index is 11.6. The topological polar surface area (TPSA) is 55.8 Å². The van der Waals surface area contributed by atoms with E-state index in [0.29, 0.717) is 23.5 Å².